The number of esters is 1. The number of nitrogens with zero attached hydrogens (tertiary/aromatic N) is 3. The van der Waals surface area contributed by atoms with Crippen molar-refractivity contribution in [1.29, 1.82) is 0 Å². The van der Waals surface area contributed by atoms with Gasteiger partial charge in [0.05, 0.1) is 19.8 Å². The normalized spacial score (nSPS) is 24.9. The number of ether oxygens (including phenoxy) is 2. The van der Waals surface area contributed by atoms with E-state index in [1.807, 2.05) is 0 Å². The van der Waals surface area contributed by atoms with Gasteiger partial charge in [-0.05, 0) is 0 Å². The summed E-state index contributed by atoms with van der Waals surface area (Å²) < 4.78 is 10.2. The third kappa shape index (κ3) is 3.08. The SMILES string of the molecule is COC(=O)c1c(Cl)ncnc1N(C)[C@@H]1O[C@H](CO)C[C@H]1O. The van der Waals surface area contributed by atoms with Crippen molar-refractivity contribution in [3.05, 3.63) is 17.0 Å². The van der Waals surface area contributed by atoms with Crippen LogP contribution in [0.3, 0.4) is 0 Å². The summed E-state index contributed by atoms with van der Waals surface area (Å²) in [5.74, 6) is -0.502. The molecule has 0 spiro atoms. The van der Waals surface area contributed by atoms with Crippen LogP contribution in [0.4, 0.5) is 5.82 Å². The fraction of sp³-hybridized carbons (Fsp3) is 0.583. The monoisotopic (exact) mass is 317 g/mol. The van der Waals surface area contributed by atoms with Gasteiger partial charge in [-0.15, -0.1) is 0 Å². The summed E-state index contributed by atoms with van der Waals surface area (Å²) in [5, 5.41) is 19.1. The number of rotatable bonds is 4. The number of carbonyl (C=O) groups excluding carboxylic acids is 1. The van der Waals surface area contributed by atoms with Crippen LogP contribution in [0.25, 0.3) is 0 Å². The first-order valence-electron chi connectivity index (χ1n) is 6.25. The summed E-state index contributed by atoms with van der Waals surface area (Å²) in [6.45, 7) is -0.199. The Kier molecular flexibility index (Phi) is 4.94. The molecule has 0 aromatic carbocycles. The number of methoxy groups -OCH3 is 1. The first kappa shape index (κ1) is 15.9. The average molecular weight is 318 g/mol. The molecular weight excluding hydrogens is 302 g/mol. The third-order valence-corrected chi connectivity index (χ3v) is 3.54. The molecule has 1 aliphatic rings. The van der Waals surface area contributed by atoms with E-state index in [4.69, 9.17) is 21.4 Å². The topological polar surface area (TPSA) is 105 Å². The Morgan fingerprint density at radius 2 is 2.33 bits per heavy atom. The number of hydrogen-bond donors (Lipinski definition) is 2. The molecule has 0 radical (unpaired) electrons. The van der Waals surface area contributed by atoms with Gasteiger partial charge in [0.15, 0.2) is 6.23 Å². The number of aromatic nitrogens is 2. The number of anilines is 1. The summed E-state index contributed by atoms with van der Waals surface area (Å²) in [5.41, 5.74) is -0.00702. The molecule has 2 heterocycles. The van der Waals surface area contributed by atoms with Crippen LogP contribution >= 0.6 is 11.6 Å². The largest absolute Gasteiger partial charge is 0.465 e. The van der Waals surface area contributed by atoms with Crippen molar-refractivity contribution < 1.29 is 24.5 Å². The third-order valence-electron chi connectivity index (χ3n) is 3.26. The highest BCUT2D eigenvalue weighted by Gasteiger charge is 2.38. The lowest BCUT2D eigenvalue weighted by atomic mass is 10.2. The molecule has 1 aliphatic heterocycles. The van der Waals surface area contributed by atoms with Crippen LogP contribution < -0.4 is 4.90 Å². The Labute approximate surface area is 126 Å². The van der Waals surface area contributed by atoms with Crippen LogP contribution in [-0.4, -0.2) is 65.4 Å². The second-order valence-corrected chi connectivity index (χ2v) is 4.96. The lowest BCUT2D eigenvalue weighted by molar-refractivity contribution is -0.00858. The summed E-state index contributed by atoms with van der Waals surface area (Å²) in [7, 11) is 2.82. The quantitative estimate of drug-likeness (QED) is 0.582. The maximum atomic E-state index is 11.8. The second kappa shape index (κ2) is 6.52. The van der Waals surface area contributed by atoms with Crippen LogP contribution in [0.2, 0.25) is 5.15 Å². The zero-order valence-corrected chi connectivity index (χ0v) is 12.3. The van der Waals surface area contributed by atoms with Gasteiger partial charge in [0, 0.05) is 13.5 Å². The van der Waals surface area contributed by atoms with Crippen molar-refractivity contribution in [3.8, 4) is 0 Å². The number of aliphatic hydroxyl groups excluding tert-OH is 2. The Morgan fingerprint density at radius 3 is 2.90 bits per heavy atom. The first-order valence-corrected chi connectivity index (χ1v) is 6.63. The van der Waals surface area contributed by atoms with Crippen molar-refractivity contribution in [2.45, 2.75) is 24.9 Å². The molecule has 1 saturated heterocycles. The molecule has 0 saturated carbocycles. The maximum absolute atomic E-state index is 11.8. The van der Waals surface area contributed by atoms with Crippen molar-refractivity contribution in [1.82, 2.24) is 9.97 Å². The second-order valence-electron chi connectivity index (χ2n) is 4.60. The van der Waals surface area contributed by atoms with Crippen molar-refractivity contribution >= 4 is 23.4 Å². The first-order chi connectivity index (χ1) is 9.99. The molecular formula is C12H16ClN3O5. The fourth-order valence-electron chi connectivity index (χ4n) is 2.22. The number of likely N-dealkylation sites (N-methyl/N-ethyl adjacent to an activating group) is 1. The molecule has 1 aromatic rings. The number of carbonyl (C=O) groups is 1. The highest BCUT2D eigenvalue weighted by Crippen LogP contribution is 2.29. The van der Waals surface area contributed by atoms with Gasteiger partial charge in [0.25, 0.3) is 0 Å². The van der Waals surface area contributed by atoms with Gasteiger partial charge >= 0.3 is 5.97 Å². The highest BCUT2D eigenvalue weighted by molar-refractivity contribution is 6.33. The summed E-state index contributed by atoms with van der Waals surface area (Å²) >= 11 is 5.92. The smallest absolute Gasteiger partial charge is 0.344 e. The molecule has 0 bridgehead atoms. The molecule has 0 unspecified atom stereocenters. The van der Waals surface area contributed by atoms with Crippen molar-refractivity contribution in [2.24, 2.45) is 0 Å². The zero-order valence-electron chi connectivity index (χ0n) is 11.6. The van der Waals surface area contributed by atoms with Crippen LogP contribution in [0.1, 0.15) is 16.8 Å². The van der Waals surface area contributed by atoms with Crippen molar-refractivity contribution in [2.75, 3.05) is 25.7 Å². The van der Waals surface area contributed by atoms with Gasteiger partial charge in [0.1, 0.15) is 29.0 Å². The van der Waals surface area contributed by atoms with E-state index in [0.29, 0.717) is 0 Å². The molecule has 3 atom stereocenters. The van der Waals surface area contributed by atoms with E-state index in [1.54, 1.807) is 7.05 Å². The molecule has 0 amide bonds. The minimum atomic E-state index is -0.827. The highest BCUT2D eigenvalue weighted by atomic mass is 35.5. The number of hydrogen-bond acceptors (Lipinski definition) is 8. The zero-order chi connectivity index (χ0) is 15.6. The van der Waals surface area contributed by atoms with Crippen LogP contribution in [-0.2, 0) is 9.47 Å². The van der Waals surface area contributed by atoms with Gasteiger partial charge in [-0.1, -0.05) is 11.6 Å². The van der Waals surface area contributed by atoms with Crippen LogP contribution in [0.15, 0.2) is 6.33 Å². The number of halogens is 1. The fourth-order valence-corrected chi connectivity index (χ4v) is 2.42. The van der Waals surface area contributed by atoms with E-state index in [9.17, 15) is 9.90 Å². The van der Waals surface area contributed by atoms with Gasteiger partial charge in [0.2, 0.25) is 0 Å². The van der Waals surface area contributed by atoms with Gasteiger partial charge in [-0.3, -0.25) is 0 Å². The molecule has 0 aliphatic carbocycles. The molecule has 116 valence electrons. The maximum Gasteiger partial charge on any atom is 0.344 e. The predicted octanol–water partition coefficient (Wildman–Crippen LogP) is -0.179. The number of aliphatic hydroxyl groups is 2. The van der Waals surface area contributed by atoms with Crippen LogP contribution in [0.5, 0.6) is 0 Å². The molecule has 2 N–H and O–H groups in total. The molecule has 1 fully saturated rings. The Bertz CT molecular complexity index is 530. The summed E-state index contributed by atoms with van der Waals surface area (Å²) in [6.07, 6.45) is -0.558. The Morgan fingerprint density at radius 1 is 1.62 bits per heavy atom. The van der Waals surface area contributed by atoms with E-state index in [2.05, 4.69) is 14.7 Å². The van der Waals surface area contributed by atoms with Gasteiger partial charge in [-0.2, -0.15) is 0 Å². The van der Waals surface area contributed by atoms with Gasteiger partial charge < -0.3 is 24.6 Å². The summed E-state index contributed by atoms with van der Waals surface area (Å²) in [6, 6.07) is 0. The Balaban J connectivity index is 2.33. The molecule has 9 heteroatoms. The molecule has 2 rings (SSSR count). The average Bonchev–Trinajstić information content (AvgIpc) is 2.86. The molecule has 1 aromatic heterocycles. The predicted molar refractivity (Wildman–Crippen MR) is 73.2 cm³/mol. The Hall–Kier alpha value is -1.48. The van der Waals surface area contributed by atoms with Gasteiger partial charge in [-0.25, -0.2) is 14.8 Å². The minimum absolute atomic E-state index is 0.00702. The van der Waals surface area contributed by atoms with E-state index in [1.165, 1.54) is 18.3 Å². The van der Waals surface area contributed by atoms with Crippen molar-refractivity contribution in [3.63, 3.8) is 0 Å². The lowest BCUT2D eigenvalue weighted by Crippen LogP contribution is -2.40. The molecule has 8 nitrogen and oxygen atoms in total. The molecule has 21 heavy (non-hydrogen) atoms. The van der Waals surface area contributed by atoms with E-state index < -0.39 is 24.4 Å². The summed E-state index contributed by atoms with van der Waals surface area (Å²) in [4.78, 5) is 21.1. The standard InChI is InChI=1S/C12H16ClN3O5/c1-16(11-7(18)3-6(4-17)21-11)10-8(12(19)20-2)9(13)14-5-15-10/h5-7,11,17-18H,3-4H2,1-2H3/t6-,7+,11+/m0/s1. The lowest BCUT2D eigenvalue weighted by Gasteiger charge is -2.28. The van der Waals surface area contributed by atoms with Crippen LogP contribution in [0, 0.1) is 0 Å². The van der Waals surface area contributed by atoms with E-state index in [-0.39, 0.29) is 29.6 Å². The minimum Gasteiger partial charge on any atom is -0.465 e. The van der Waals surface area contributed by atoms with E-state index in [0.717, 1.165) is 0 Å². The van der Waals surface area contributed by atoms with E-state index >= 15 is 0 Å².